The molecular weight excluding hydrogens is 272 g/mol. The van der Waals surface area contributed by atoms with Crippen molar-refractivity contribution in [2.24, 2.45) is 0 Å². The van der Waals surface area contributed by atoms with Crippen LogP contribution in [0.2, 0.25) is 0 Å². The van der Waals surface area contributed by atoms with Gasteiger partial charge in [0.05, 0.1) is 5.52 Å². The third-order valence-electron chi connectivity index (χ3n) is 3.00. The molecule has 2 aromatic heterocycles. The summed E-state index contributed by atoms with van der Waals surface area (Å²) in [6.07, 6.45) is 1.53. The largest absolute Gasteiger partial charge is 0.502 e. The van der Waals surface area contributed by atoms with Gasteiger partial charge in [0.2, 0.25) is 23.3 Å². The summed E-state index contributed by atoms with van der Waals surface area (Å²) in [5.41, 5.74) is 1.30. The minimum Gasteiger partial charge on any atom is -0.502 e. The van der Waals surface area contributed by atoms with Crippen molar-refractivity contribution in [3.8, 4) is 22.8 Å². The summed E-state index contributed by atoms with van der Waals surface area (Å²) in [6.45, 7) is 1.27. The van der Waals surface area contributed by atoms with Gasteiger partial charge in [0.1, 0.15) is 0 Å². The molecule has 6 nitrogen and oxygen atoms in total. The second-order valence-electron chi connectivity index (χ2n) is 4.56. The minimum absolute atomic E-state index is 0.0505. The number of hydrogen-bond acceptors (Lipinski definition) is 5. The van der Waals surface area contributed by atoms with Crippen molar-refractivity contribution in [2.45, 2.75) is 6.92 Å². The zero-order chi connectivity index (χ0) is 15.0. The van der Waals surface area contributed by atoms with Gasteiger partial charge in [-0.2, -0.15) is 0 Å². The van der Waals surface area contributed by atoms with Crippen molar-refractivity contribution in [1.82, 2.24) is 4.98 Å². The highest BCUT2D eigenvalue weighted by Gasteiger charge is 2.21. The highest BCUT2D eigenvalue weighted by Crippen LogP contribution is 2.45. The normalized spacial score (nSPS) is 10.7. The molecular formula is C15H12N2O4. The molecule has 0 fully saturated rings. The number of aromatic hydroxyl groups is 2. The second-order valence-corrected chi connectivity index (χ2v) is 4.56. The quantitative estimate of drug-likeness (QED) is 0.672. The number of nitrogens with one attached hydrogen (secondary N) is 1. The number of nitrogens with zero attached hydrogens (tertiary/aromatic N) is 1. The molecule has 0 aliphatic heterocycles. The second kappa shape index (κ2) is 4.82. The highest BCUT2D eigenvalue weighted by atomic mass is 16.4. The number of carbonyl (C=O) groups is 1. The van der Waals surface area contributed by atoms with Crippen molar-refractivity contribution < 1.29 is 19.4 Å². The number of carbonyl (C=O) groups excluding carboxylic acids is 1. The SMILES string of the molecule is CC(=O)Nc1oc(-c2cnc3ccccc3c2)c(O)c1O. The van der Waals surface area contributed by atoms with Crippen LogP contribution in [-0.2, 0) is 4.79 Å². The number of furan rings is 1. The minimum atomic E-state index is -0.506. The summed E-state index contributed by atoms with van der Waals surface area (Å²) in [7, 11) is 0. The number of rotatable bonds is 2. The lowest BCUT2D eigenvalue weighted by Gasteiger charge is -2.00. The summed E-state index contributed by atoms with van der Waals surface area (Å²) in [5.74, 6) is -1.50. The average molecular weight is 284 g/mol. The first kappa shape index (κ1) is 13.0. The van der Waals surface area contributed by atoms with Crippen LogP contribution in [-0.4, -0.2) is 21.1 Å². The van der Waals surface area contributed by atoms with E-state index in [1.54, 1.807) is 6.07 Å². The van der Waals surface area contributed by atoms with Gasteiger partial charge in [-0.05, 0) is 12.1 Å². The van der Waals surface area contributed by atoms with Crippen LogP contribution in [0.1, 0.15) is 6.92 Å². The van der Waals surface area contributed by atoms with Crippen molar-refractivity contribution in [2.75, 3.05) is 5.32 Å². The first-order chi connectivity index (χ1) is 10.1. The van der Waals surface area contributed by atoms with Gasteiger partial charge in [0, 0.05) is 24.1 Å². The van der Waals surface area contributed by atoms with E-state index in [1.165, 1.54) is 13.1 Å². The van der Waals surface area contributed by atoms with E-state index in [0.29, 0.717) is 5.56 Å². The summed E-state index contributed by atoms with van der Waals surface area (Å²) in [5, 5.41) is 22.9. The van der Waals surface area contributed by atoms with Crippen LogP contribution in [0.25, 0.3) is 22.2 Å². The van der Waals surface area contributed by atoms with Crippen LogP contribution in [0.4, 0.5) is 5.88 Å². The highest BCUT2D eigenvalue weighted by molar-refractivity contribution is 5.91. The maximum atomic E-state index is 11.0. The molecule has 1 aromatic carbocycles. The van der Waals surface area contributed by atoms with Crippen molar-refractivity contribution in [1.29, 1.82) is 0 Å². The van der Waals surface area contributed by atoms with Crippen LogP contribution >= 0.6 is 0 Å². The number of fused-ring (bicyclic) bond motifs is 1. The molecule has 0 unspecified atom stereocenters. The van der Waals surface area contributed by atoms with Gasteiger partial charge in [-0.15, -0.1) is 0 Å². The number of pyridine rings is 1. The Labute approximate surface area is 119 Å². The van der Waals surface area contributed by atoms with Gasteiger partial charge in [-0.1, -0.05) is 18.2 Å². The smallest absolute Gasteiger partial charge is 0.246 e. The molecule has 6 heteroatoms. The molecule has 3 rings (SSSR count). The van der Waals surface area contributed by atoms with Gasteiger partial charge in [-0.3, -0.25) is 15.1 Å². The van der Waals surface area contributed by atoms with Crippen LogP contribution < -0.4 is 5.32 Å². The summed E-state index contributed by atoms with van der Waals surface area (Å²) in [4.78, 5) is 15.3. The lowest BCUT2D eigenvalue weighted by atomic mass is 10.1. The number of hydrogen-bond donors (Lipinski definition) is 3. The van der Waals surface area contributed by atoms with Gasteiger partial charge < -0.3 is 14.6 Å². The van der Waals surface area contributed by atoms with Gasteiger partial charge >= 0.3 is 0 Å². The molecule has 106 valence electrons. The number of anilines is 1. The van der Waals surface area contributed by atoms with E-state index in [0.717, 1.165) is 10.9 Å². The van der Waals surface area contributed by atoms with E-state index in [2.05, 4.69) is 10.3 Å². The third kappa shape index (κ3) is 2.27. The monoisotopic (exact) mass is 284 g/mol. The Kier molecular flexibility index (Phi) is 2.98. The van der Waals surface area contributed by atoms with E-state index >= 15 is 0 Å². The van der Waals surface area contributed by atoms with Crippen molar-refractivity contribution >= 4 is 22.7 Å². The van der Waals surface area contributed by atoms with Gasteiger partial charge in [-0.25, -0.2) is 0 Å². The molecule has 2 heterocycles. The fraction of sp³-hybridized carbons (Fsp3) is 0.0667. The maximum absolute atomic E-state index is 11.0. The molecule has 0 saturated heterocycles. The van der Waals surface area contributed by atoms with E-state index in [4.69, 9.17) is 4.42 Å². The topological polar surface area (TPSA) is 95.6 Å². The molecule has 3 N–H and O–H groups in total. The Hall–Kier alpha value is -3.02. The molecule has 21 heavy (non-hydrogen) atoms. The molecule has 0 saturated carbocycles. The first-order valence-electron chi connectivity index (χ1n) is 6.23. The Balaban J connectivity index is 2.11. The summed E-state index contributed by atoms with van der Waals surface area (Å²) >= 11 is 0. The Bertz CT molecular complexity index is 839. The van der Waals surface area contributed by atoms with Crippen LogP contribution in [0.5, 0.6) is 11.5 Å². The predicted molar refractivity (Wildman–Crippen MR) is 77.1 cm³/mol. The lowest BCUT2D eigenvalue weighted by Crippen LogP contribution is -2.04. The fourth-order valence-electron chi connectivity index (χ4n) is 2.05. The molecule has 0 bridgehead atoms. The zero-order valence-electron chi connectivity index (χ0n) is 11.1. The molecule has 0 atom stereocenters. The van der Waals surface area contributed by atoms with E-state index in [1.807, 2.05) is 24.3 Å². The standard InChI is InChI=1S/C15H12N2O4/c1-8(18)17-15-13(20)12(19)14(21-15)10-6-9-4-2-3-5-11(9)16-7-10/h2-7,19-20H,1H3,(H,17,18). The predicted octanol–water partition coefficient (Wildman–Crippen LogP) is 2.86. The number of amides is 1. The molecule has 0 radical (unpaired) electrons. The molecule has 1 amide bonds. The molecule has 0 aliphatic rings. The van der Waals surface area contributed by atoms with Crippen LogP contribution in [0.3, 0.4) is 0 Å². The molecule has 3 aromatic rings. The van der Waals surface area contributed by atoms with Gasteiger partial charge in [0.15, 0.2) is 5.76 Å². The van der Waals surface area contributed by atoms with E-state index in [-0.39, 0.29) is 11.6 Å². The van der Waals surface area contributed by atoms with E-state index < -0.39 is 17.4 Å². The Morgan fingerprint density at radius 1 is 1.24 bits per heavy atom. The third-order valence-corrected chi connectivity index (χ3v) is 3.00. The summed E-state index contributed by atoms with van der Waals surface area (Å²) in [6, 6.07) is 9.26. The lowest BCUT2D eigenvalue weighted by molar-refractivity contribution is -0.114. The Morgan fingerprint density at radius 2 is 2.00 bits per heavy atom. The summed E-state index contributed by atoms with van der Waals surface area (Å²) < 4.78 is 5.32. The molecule has 0 aliphatic carbocycles. The Morgan fingerprint density at radius 3 is 2.76 bits per heavy atom. The zero-order valence-corrected chi connectivity index (χ0v) is 11.1. The number of benzene rings is 1. The number of aromatic nitrogens is 1. The van der Waals surface area contributed by atoms with E-state index in [9.17, 15) is 15.0 Å². The van der Waals surface area contributed by atoms with Crippen LogP contribution in [0, 0.1) is 0 Å². The van der Waals surface area contributed by atoms with Crippen molar-refractivity contribution in [3.63, 3.8) is 0 Å². The van der Waals surface area contributed by atoms with Crippen LogP contribution in [0.15, 0.2) is 40.9 Å². The maximum Gasteiger partial charge on any atom is 0.246 e. The average Bonchev–Trinajstić information content (AvgIpc) is 2.75. The first-order valence-corrected chi connectivity index (χ1v) is 6.23. The fourth-order valence-corrected chi connectivity index (χ4v) is 2.05. The molecule has 0 spiro atoms. The van der Waals surface area contributed by atoms with Gasteiger partial charge in [0.25, 0.3) is 0 Å². The van der Waals surface area contributed by atoms with Crippen molar-refractivity contribution in [3.05, 3.63) is 36.5 Å². The number of para-hydroxylation sites is 1.